The summed E-state index contributed by atoms with van der Waals surface area (Å²) in [6.07, 6.45) is 3.72. The van der Waals surface area contributed by atoms with Gasteiger partial charge in [0.15, 0.2) is 0 Å². The Morgan fingerprint density at radius 3 is 2.44 bits per heavy atom. The third-order valence-electron chi connectivity index (χ3n) is 7.27. The number of nitrogens with zero attached hydrogens (tertiary/aromatic N) is 1. The van der Waals surface area contributed by atoms with Gasteiger partial charge in [-0.2, -0.15) is 0 Å². The van der Waals surface area contributed by atoms with Crippen molar-refractivity contribution in [3.63, 3.8) is 0 Å². The number of rotatable bonds is 9. The summed E-state index contributed by atoms with van der Waals surface area (Å²) in [5.74, 6) is -0.0588. The molecule has 39 heavy (non-hydrogen) atoms. The monoisotopic (exact) mass is 532 g/mol. The van der Waals surface area contributed by atoms with Gasteiger partial charge in [-0.05, 0) is 95.3 Å². The highest BCUT2D eigenvalue weighted by Gasteiger charge is 2.39. The van der Waals surface area contributed by atoms with Crippen molar-refractivity contribution in [3.8, 4) is 5.75 Å². The topological polar surface area (TPSA) is 113 Å². The van der Waals surface area contributed by atoms with Gasteiger partial charge in [0.25, 0.3) is 5.91 Å². The third kappa shape index (κ3) is 7.77. The van der Waals surface area contributed by atoms with E-state index in [2.05, 4.69) is 48.5 Å². The fraction of sp³-hybridized carbons (Fsp3) is 0.452. The van der Waals surface area contributed by atoms with Gasteiger partial charge in [0.1, 0.15) is 5.75 Å². The van der Waals surface area contributed by atoms with Crippen LogP contribution < -0.4 is 20.9 Å². The lowest BCUT2D eigenvalue weighted by molar-refractivity contribution is -0.131. The summed E-state index contributed by atoms with van der Waals surface area (Å²) in [7, 11) is 0. The number of carbonyl (C=O) groups is 2. The fourth-order valence-electron chi connectivity index (χ4n) is 5.52. The van der Waals surface area contributed by atoms with Gasteiger partial charge in [-0.25, -0.2) is 5.48 Å². The van der Waals surface area contributed by atoms with Crippen LogP contribution in [-0.4, -0.2) is 45.7 Å². The number of para-hydroxylation sites is 1. The summed E-state index contributed by atoms with van der Waals surface area (Å²) < 4.78 is 5.98. The van der Waals surface area contributed by atoms with Gasteiger partial charge in [-0.1, -0.05) is 18.2 Å². The maximum atomic E-state index is 13.2. The molecule has 1 heterocycles. The number of hydroxylamine groups is 1. The molecule has 4 N–H and O–H groups in total. The van der Waals surface area contributed by atoms with Crippen molar-refractivity contribution in [2.24, 2.45) is 0 Å². The second-order valence-electron chi connectivity index (χ2n) is 11.7. The van der Waals surface area contributed by atoms with Crippen LogP contribution in [0.25, 0.3) is 10.9 Å². The maximum absolute atomic E-state index is 13.2. The van der Waals surface area contributed by atoms with E-state index >= 15 is 0 Å². The summed E-state index contributed by atoms with van der Waals surface area (Å²) in [6, 6.07) is 17.6. The summed E-state index contributed by atoms with van der Waals surface area (Å²) in [6.45, 7) is 8.89. The first kappa shape index (κ1) is 28.5. The lowest BCUT2D eigenvalue weighted by Crippen LogP contribution is -2.56. The number of benzene rings is 2. The number of amides is 2. The van der Waals surface area contributed by atoms with Gasteiger partial charge in [0.2, 0.25) is 5.91 Å². The average Bonchev–Trinajstić information content (AvgIpc) is 2.89. The Hall–Kier alpha value is -3.49. The molecule has 1 aliphatic carbocycles. The molecule has 0 unspecified atom stereocenters. The highest BCUT2D eigenvalue weighted by molar-refractivity contribution is 5.95. The summed E-state index contributed by atoms with van der Waals surface area (Å²) in [5.41, 5.74) is 4.66. The van der Waals surface area contributed by atoms with E-state index in [9.17, 15) is 9.59 Å². The Morgan fingerprint density at radius 1 is 1.08 bits per heavy atom. The number of carbonyl (C=O) groups excluding carboxylic acids is 2. The van der Waals surface area contributed by atoms with E-state index in [1.807, 2.05) is 25.1 Å². The molecule has 2 amide bonds. The quantitative estimate of drug-likeness (QED) is 0.231. The Kier molecular flexibility index (Phi) is 8.87. The molecule has 1 saturated carbocycles. The highest BCUT2D eigenvalue weighted by Crippen LogP contribution is 2.33. The van der Waals surface area contributed by atoms with Crippen LogP contribution in [0.5, 0.6) is 5.75 Å². The first-order valence-electron chi connectivity index (χ1n) is 13.7. The lowest BCUT2D eigenvalue weighted by Gasteiger charge is -2.42. The second-order valence-corrected chi connectivity index (χ2v) is 11.7. The summed E-state index contributed by atoms with van der Waals surface area (Å²) in [5, 5.41) is 17.0. The number of hydrogen-bond donors (Lipinski definition) is 4. The minimum atomic E-state index is -0.708. The van der Waals surface area contributed by atoms with Crippen molar-refractivity contribution in [1.82, 2.24) is 21.1 Å². The molecule has 4 rings (SSSR count). The van der Waals surface area contributed by atoms with Crippen molar-refractivity contribution in [2.75, 3.05) is 6.61 Å². The minimum Gasteiger partial charge on any atom is -0.493 e. The van der Waals surface area contributed by atoms with Gasteiger partial charge >= 0.3 is 0 Å². The SMILES string of the molecule is Cc1cc(CCOc2ccc(C(=O)N[C@]3(CC(=O)NO)CC[C@H](NC(C)(C)C)CC3)cc2)c2ccccc2n1. The molecular weight excluding hydrogens is 492 g/mol. The van der Waals surface area contributed by atoms with Crippen molar-refractivity contribution in [3.05, 3.63) is 71.4 Å². The predicted molar refractivity (Wildman–Crippen MR) is 152 cm³/mol. The number of nitrogens with one attached hydrogen (secondary N) is 3. The van der Waals surface area contributed by atoms with Crippen LogP contribution in [0.4, 0.5) is 0 Å². The standard InChI is InChI=1S/C31H40N4O4/c1-21-19-23(26-7-5-6-8-27(26)32-21)15-18-39-25-11-9-22(10-12-25)29(37)34-31(20-28(36)35-38)16-13-24(14-17-31)33-30(2,3)4/h5-12,19,24,33,38H,13-18,20H2,1-4H3,(H,34,37)(H,35,36)/t24-,31+. The molecule has 3 aromatic rings. The largest absolute Gasteiger partial charge is 0.493 e. The number of pyridine rings is 1. The first-order valence-corrected chi connectivity index (χ1v) is 13.7. The highest BCUT2D eigenvalue weighted by atomic mass is 16.5. The van der Waals surface area contributed by atoms with Crippen molar-refractivity contribution >= 4 is 22.7 Å². The number of ether oxygens (including phenoxy) is 1. The number of aryl methyl sites for hydroxylation is 1. The molecule has 0 bridgehead atoms. The molecule has 2 aromatic carbocycles. The normalized spacial score (nSPS) is 19.5. The van der Waals surface area contributed by atoms with Crippen molar-refractivity contribution < 1.29 is 19.5 Å². The van der Waals surface area contributed by atoms with Crippen LogP contribution >= 0.6 is 0 Å². The van der Waals surface area contributed by atoms with E-state index in [0.29, 0.717) is 36.8 Å². The Balaban J connectivity index is 1.36. The van der Waals surface area contributed by atoms with Gasteiger partial charge < -0.3 is 15.4 Å². The van der Waals surface area contributed by atoms with Crippen molar-refractivity contribution in [2.45, 2.75) is 83.3 Å². The van der Waals surface area contributed by atoms with Crippen LogP contribution in [0, 0.1) is 6.92 Å². The number of aromatic nitrogens is 1. The van der Waals surface area contributed by atoms with Gasteiger partial charge in [0, 0.05) is 40.2 Å². The smallest absolute Gasteiger partial charge is 0.251 e. The minimum absolute atomic E-state index is 0.00869. The van der Waals surface area contributed by atoms with Crippen molar-refractivity contribution in [1.29, 1.82) is 0 Å². The van der Waals surface area contributed by atoms with E-state index in [-0.39, 0.29) is 17.9 Å². The fourth-order valence-corrected chi connectivity index (χ4v) is 5.52. The van der Waals surface area contributed by atoms with E-state index in [1.165, 1.54) is 5.56 Å². The zero-order chi connectivity index (χ0) is 28.0. The van der Waals surface area contributed by atoms with Crippen LogP contribution in [-0.2, 0) is 11.2 Å². The summed E-state index contributed by atoms with van der Waals surface area (Å²) in [4.78, 5) is 29.9. The molecule has 0 aliphatic heterocycles. The zero-order valence-corrected chi connectivity index (χ0v) is 23.3. The number of fused-ring (bicyclic) bond motifs is 1. The molecule has 1 aliphatic rings. The zero-order valence-electron chi connectivity index (χ0n) is 23.3. The predicted octanol–water partition coefficient (Wildman–Crippen LogP) is 4.86. The van der Waals surface area contributed by atoms with Gasteiger partial charge in [0.05, 0.1) is 18.5 Å². The van der Waals surface area contributed by atoms with E-state index in [4.69, 9.17) is 9.94 Å². The molecule has 0 saturated heterocycles. The van der Waals surface area contributed by atoms with E-state index < -0.39 is 11.4 Å². The van der Waals surface area contributed by atoms with Gasteiger partial charge in [-0.3, -0.25) is 19.8 Å². The molecule has 0 atom stereocenters. The molecule has 1 fully saturated rings. The van der Waals surface area contributed by atoms with E-state index in [0.717, 1.165) is 35.9 Å². The molecular formula is C31H40N4O4. The molecule has 0 radical (unpaired) electrons. The Labute approximate surface area is 230 Å². The maximum Gasteiger partial charge on any atom is 0.251 e. The molecule has 1 aromatic heterocycles. The summed E-state index contributed by atoms with van der Waals surface area (Å²) >= 11 is 0. The first-order chi connectivity index (χ1) is 18.6. The van der Waals surface area contributed by atoms with Crippen LogP contribution in [0.15, 0.2) is 54.6 Å². The van der Waals surface area contributed by atoms with E-state index in [1.54, 1.807) is 29.7 Å². The van der Waals surface area contributed by atoms with Crippen LogP contribution in [0.2, 0.25) is 0 Å². The van der Waals surface area contributed by atoms with Crippen LogP contribution in [0.1, 0.15) is 74.5 Å². The average molecular weight is 533 g/mol. The Morgan fingerprint density at radius 2 is 1.77 bits per heavy atom. The molecule has 208 valence electrons. The Bertz CT molecular complexity index is 1290. The number of hydrogen-bond acceptors (Lipinski definition) is 6. The third-order valence-corrected chi connectivity index (χ3v) is 7.27. The lowest BCUT2D eigenvalue weighted by atomic mass is 9.76. The second kappa shape index (κ2) is 12.1. The molecule has 0 spiro atoms. The molecule has 8 nitrogen and oxygen atoms in total. The van der Waals surface area contributed by atoms with Gasteiger partial charge in [-0.15, -0.1) is 0 Å². The van der Waals surface area contributed by atoms with Crippen LogP contribution in [0.3, 0.4) is 0 Å². The molecule has 8 heteroatoms.